The van der Waals surface area contributed by atoms with Crippen molar-refractivity contribution in [2.24, 2.45) is 5.92 Å². The summed E-state index contributed by atoms with van der Waals surface area (Å²) in [5.74, 6) is 1.51. The van der Waals surface area contributed by atoms with Crippen molar-refractivity contribution in [2.75, 3.05) is 44.6 Å². The average molecular weight is 621 g/mol. The summed E-state index contributed by atoms with van der Waals surface area (Å²) >= 11 is 0. The number of benzene rings is 1. The summed E-state index contributed by atoms with van der Waals surface area (Å²) in [5.41, 5.74) is 0.665. The number of ether oxygens (including phenoxy) is 2. The predicted octanol–water partition coefficient (Wildman–Crippen LogP) is 6.37. The smallest absolute Gasteiger partial charge is 0.407 e. The summed E-state index contributed by atoms with van der Waals surface area (Å²) in [6, 6.07) is 5.03. The van der Waals surface area contributed by atoms with E-state index in [-0.39, 0.29) is 24.4 Å². The van der Waals surface area contributed by atoms with Gasteiger partial charge in [-0.1, -0.05) is 54.5 Å². The first-order valence-corrected chi connectivity index (χ1v) is 15.9. The number of amides is 1. The van der Waals surface area contributed by atoms with Crippen LogP contribution in [0.3, 0.4) is 0 Å². The third kappa shape index (κ3) is 17.2. The summed E-state index contributed by atoms with van der Waals surface area (Å²) in [7, 11) is 2.51. The molecule has 1 aromatic carbocycles. The van der Waals surface area contributed by atoms with Gasteiger partial charge in [0.2, 0.25) is 5.91 Å². The lowest BCUT2D eigenvalue weighted by Gasteiger charge is -2.28. The van der Waals surface area contributed by atoms with Gasteiger partial charge in [0.25, 0.3) is 0 Å². The van der Waals surface area contributed by atoms with E-state index in [1.807, 2.05) is 48.5 Å². The number of halogens is 3. The molecular weight excluding hydrogens is 569 g/mol. The Kier molecular flexibility index (Phi) is 23.3. The van der Waals surface area contributed by atoms with Gasteiger partial charge in [0.15, 0.2) is 0 Å². The minimum Gasteiger partial charge on any atom is -0.497 e. The molecule has 1 heterocycles. The van der Waals surface area contributed by atoms with E-state index in [0.29, 0.717) is 23.7 Å². The van der Waals surface area contributed by atoms with Crippen molar-refractivity contribution >= 4 is 22.4 Å². The van der Waals surface area contributed by atoms with Crippen molar-refractivity contribution < 1.29 is 31.6 Å². The standard InChI is InChI=1S/C23H31F3N4O3.C3H8OS.2C2H6/c1-15(2)12-19(30-21(23(24,25)26)16-6-5-9-27-14-16)22(31)29-11-10-28-18-8-7-17(32-3)13-20(18)33-4;1-3-5(2)4;2*1-2/h5-9,13-15,19,21,28,30H,10-12H2,1-4H3,(H,29,31);3H2,1-2H3;2*1-2H3. The van der Waals surface area contributed by atoms with Crippen molar-refractivity contribution in [3.05, 3.63) is 48.3 Å². The van der Waals surface area contributed by atoms with Gasteiger partial charge in [0, 0.05) is 54.4 Å². The molecule has 0 fully saturated rings. The molecule has 2 aromatic rings. The number of anilines is 1. The summed E-state index contributed by atoms with van der Waals surface area (Å²) in [4.78, 5) is 16.5. The maximum Gasteiger partial charge on any atom is 0.407 e. The fraction of sp³-hybridized carbons (Fsp3) is 0.600. The lowest BCUT2D eigenvalue weighted by molar-refractivity contribution is -0.161. The molecule has 3 unspecified atom stereocenters. The third-order valence-electron chi connectivity index (χ3n) is 5.29. The molecule has 1 aromatic heterocycles. The number of hydrogen-bond acceptors (Lipinski definition) is 7. The summed E-state index contributed by atoms with van der Waals surface area (Å²) in [6.45, 7) is 14.2. The molecule has 3 N–H and O–H groups in total. The number of nitrogens with zero attached hydrogens (tertiary/aromatic N) is 1. The van der Waals surface area contributed by atoms with Gasteiger partial charge < -0.3 is 20.1 Å². The quantitative estimate of drug-likeness (QED) is 0.224. The normalized spacial score (nSPS) is 12.5. The van der Waals surface area contributed by atoms with Gasteiger partial charge in [-0.05, 0) is 36.1 Å². The third-order valence-corrected chi connectivity index (χ3v) is 6.10. The zero-order valence-corrected chi connectivity index (χ0v) is 27.5. The maximum absolute atomic E-state index is 13.7. The molecule has 0 saturated carbocycles. The van der Waals surface area contributed by atoms with Crippen LogP contribution >= 0.6 is 0 Å². The van der Waals surface area contributed by atoms with E-state index >= 15 is 0 Å². The van der Waals surface area contributed by atoms with Crippen molar-refractivity contribution in [1.29, 1.82) is 0 Å². The number of aromatic nitrogens is 1. The number of nitrogens with one attached hydrogen (secondary N) is 3. The lowest BCUT2D eigenvalue weighted by Crippen LogP contribution is -2.50. The first kappa shape index (κ1) is 41.3. The van der Waals surface area contributed by atoms with Gasteiger partial charge in [-0.15, -0.1) is 0 Å². The van der Waals surface area contributed by atoms with E-state index in [1.54, 1.807) is 31.6 Å². The second-order valence-electron chi connectivity index (χ2n) is 8.76. The minimum atomic E-state index is -4.58. The van der Waals surface area contributed by atoms with Crippen LogP contribution in [0.4, 0.5) is 18.9 Å². The van der Waals surface area contributed by atoms with E-state index < -0.39 is 35.0 Å². The molecule has 2 rings (SSSR count). The highest BCUT2D eigenvalue weighted by atomic mass is 32.2. The second kappa shape index (κ2) is 23.7. The molecule has 0 spiro atoms. The van der Waals surface area contributed by atoms with Crippen LogP contribution in [-0.4, -0.2) is 66.6 Å². The number of pyridine rings is 1. The highest BCUT2D eigenvalue weighted by Crippen LogP contribution is 2.33. The summed E-state index contributed by atoms with van der Waals surface area (Å²) in [5, 5.41) is 8.35. The first-order chi connectivity index (χ1) is 19.9. The number of carbonyl (C=O) groups excluding carboxylic acids is 1. The molecule has 0 radical (unpaired) electrons. The van der Waals surface area contributed by atoms with Crippen molar-refractivity contribution in [3.63, 3.8) is 0 Å². The molecule has 3 atom stereocenters. The zero-order valence-electron chi connectivity index (χ0n) is 26.7. The minimum absolute atomic E-state index is 0.0118. The van der Waals surface area contributed by atoms with Crippen molar-refractivity contribution in [3.8, 4) is 11.5 Å². The van der Waals surface area contributed by atoms with Gasteiger partial charge in [-0.3, -0.25) is 19.3 Å². The van der Waals surface area contributed by atoms with Crippen molar-refractivity contribution in [1.82, 2.24) is 15.6 Å². The van der Waals surface area contributed by atoms with E-state index in [0.717, 1.165) is 11.9 Å². The molecule has 12 heteroatoms. The zero-order chi connectivity index (χ0) is 32.7. The predicted molar refractivity (Wildman–Crippen MR) is 168 cm³/mol. The molecule has 0 bridgehead atoms. The molecule has 0 saturated heterocycles. The Hall–Kier alpha value is -2.86. The van der Waals surface area contributed by atoms with Gasteiger partial charge >= 0.3 is 6.18 Å². The van der Waals surface area contributed by atoms with Crippen LogP contribution in [-0.2, 0) is 15.6 Å². The number of rotatable bonds is 13. The van der Waals surface area contributed by atoms with Crippen LogP contribution in [0.1, 0.15) is 66.5 Å². The maximum atomic E-state index is 13.7. The molecule has 0 aliphatic rings. The number of methoxy groups -OCH3 is 2. The monoisotopic (exact) mass is 620 g/mol. The number of carbonyl (C=O) groups is 1. The van der Waals surface area contributed by atoms with Gasteiger partial charge in [0.1, 0.15) is 17.5 Å². The van der Waals surface area contributed by atoms with Crippen LogP contribution < -0.4 is 25.4 Å². The van der Waals surface area contributed by atoms with Crippen LogP contribution in [0.25, 0.3) is 0 Å². The highest BCUT2D eigenvalue weighted by Gasteiger charge is 2.43. The number of alkyl halides is 3. The lowest BCUT2D eigenvalue weighted by atomic mass is 10.00. The molecular formula is C30H51F3N4O4S. The summed E-state index contributed by atoms with van der Waals surface area (Å²) < 4.78 is 61.6. The summed E-state index contributed by atoms with van der Waals surface area (Å²) in [6.07, 6.45) is -0.0782. The first-order valence-electron chi connectivity index (χ1n) is 14.2. The molecule has 1 amide bonds. The SMILES string of the molecule is CC.CC.CCS(C)=O.COc1ccc(NCCNC(=O)C(CC(C)C)NC(c2cccnc2)C(F)(F)F)c(OC)c1. The average Bonchev–Trinajstić information content (AvgIpc) is 2.99. The highest BCUT2D eigenvalue weighted by molar-refractivity contribution is 7.84. The second-order valence-corrected chi connectivity index (χ2v) is 10.5. The van der Waals surface area contributed by atoms with Crippen molar-refractivity contribution in [2.45, 2.75) is 73.1 Å². The Labute approximate surface area is 253 Å². The Balaban J connectivity index is 0. The van der Waals surface area contributed by atoms with E-state index in [1.165, 1.54) is 25.4 Å². The number of hydrogen-bond donors (Lipinski definition) is 3. The van der Waals surface area contributed by atoms with E-state index in [9.17, 15) is 22.2 Å². The van der Waals surface area contributed by atoms with Crippen LogP contribution in [0.2, 0.25) is 0 Å². The van der Waals surface area contributed by atoms with E-state index in [2.05, 4.69) is 20.9 Å². The largest absolute Gasteiger partial charge is 0.497 e. The Morgan fingerprint density at radius 1 is 1.05 bits per heavy atom. The molecule has 242 valence electrons. The van der Waals surface area contributed by atoms with Crippen LogP contribution in [0.5, 0.6) is 11.5 Å². The molecule has 42 heavy (non-hydrogen) atoms. The topological polar surface area (TPSA) is 102 Å². The van der Waals surface area contributed by atoms with Gasteiger partial charge in [-0.2, -0.15) is 13.2 Å². The molecule has 0 aliphatic heterocycles. The van der Waals surface area contributed by atoms with Crippen LogP contribution in [0, 0.1) is 5.92 Å². The fourth-order valence-electron chi connectivity index (χ4n) is 3.30. The molecule has 8 nitrogen and oxygen atoms in total. The Morgan fingerprint density at radius 3 is 2.12 bits per heavy atom. The molecule has 0 aliphatic carbocycles. The van der Waals surface area contributed by atoms with E-state index in [4.69, 9.17) is 9.47 Å². The Morgan fingerprint density at radius 2 is 1.67 bits per heavy atom. The van der Waals surface area contributed by atoms with Gasteiger partial charge in [-0.25, -0.2) is 0 Å². The fourth-order valence-corrected chi connectivity index (χ4v) is 3.30. The van der Waals surface area contributed by atoms with Crippen LogP contribution in [0.15, 0.2) is 42.7 Å². The van der Waals surface area contributed by atoms with Gasteiger partial charge in [0.05, 0.1) is 25.9 Å². The Bertz CT molecular complexity index is 996.